The molecule has 2 nitrogen and oxygen atoms in total. The third kappa shape index (κ3) is 15.2. The maximum absolute atomic E-state index is 13.9. The van der Waals surface area contributed by atoms with Gasteiger partial charge in [0, 0.05) is 0 Å². The van der Waals surface area contributed by atoms with Crippen LogP contribution in [0.25, 0.3) is 22.3 Å². The van der Waals surface area contributed by atoms with Crippen molar-refractivity contribution in [1.29, 1.82) is 10.5 Å². The Morgan fingerprint density at radius 1 is 0.410 bits per heavy atom. The molecule has 0 atom stereocenters. The van der Waals surface area contributed by atoms with Gasteiger partial charge in [0.2, 0.25) is 0 Å². The molecule has 2 aliphatic carbocycles. The summed E-state index contributed by atoms with van der Waals surface area (Å²) in [7, 11) is 0. The van der Waals surface area contributed by atoms with Gasteiger partial charge in [0.25, 0.3) is 0 Å². The van der Waals surface area contributed by atoms with Gasteiger partial charge in [-0.25, -0.2) is 17.6 Å². The Kier molecular flexibility index (Phi) is 19.9. The molecular weight excluding hydrogens is 765 g/mol. The van der Waals surface area contributed by atoms with Gasteiger partial charge in [0.1, 0.15) is 46.5 Å². The van der Waals surface area contributed by atoms with Gasteiger partial charge in [-0.1, -0.05) is 184 Å². The number of nitrogens with zero attached hydrogens (tertiary/aromatic N) is 2. The number of aryl methyl sites for hydroxylation is 2. The van der Waals surface area contributed by atoms with E-state index in [1.54, 1.807) is 12.1 Å². The standard InChI is InChI=1S/C28H35F2N.C27H33F2N/c1-2-3-4-5-6-7-21-8-10-22(11-9-21)12-13-23-14-16-24(17-15-23)25-18-27(29)26(20-31)28(30)19-25;1-2-3-4-5-6-20-7-9-21(10-8-20)11-12-22-13-15-23(16-14-22)24-17-26(28)25(19-30)27(29)18-24/h14-19,21-22H,2-13H2,1H3;13-18,20-21H,2-12H2,1H3. The predicted molar refractivity (Wildman–Crippen MR) is 243 cm³/mol. The molecule has 0 saturated heterocycles. The maximum atomic E-state index is 13.9. The molecule has 4 aromatic carbocycles. The smallest absolute Gasteiger partial charge is 0.144 e. The Morgan fingerprint density at radius 2 is 0.705 bits per heavy atom. The highest BCUT2D eigenvalue weighted by molar-refractivity contribution is 5.66. The highest BCUT2D eigenvalue weighted by atomic mass is 19.1. The summed E-state index contributed by atoms with van der Waals surface area (Å²) in [6.45, 7) is 4.54. The molecule has 2 fully saturated rings. The third-order valence-electron chi connectivity index (χ3n) is 13.7. The molecule has 4 aromatic rings. The second-order valence-corrected chi connectivity index (χ2v) is 18.2. The first-order valence-corrected chi connectivity index (χ1v) is 23.7. The Balaban J connectivity index is 0.000000231. The lowest BCUT2D eigenvalue weighted by molar-refractivity contribution is 0.248. The molecule has 0 N–H and O–H groups in total. The average molecular weight is 833 g/mol. The van der Waals surface area contributed by atoms with Gasteiger partial charge >= 0.3 is 0 Å². The zero-order chi connectivity index (χ0) is 43.4. The van der Waals surface area contributed by atoms with Crippen molar-refractivity contribution in [3.63, 3.8) is 0 Å². The maximum Gasteiger partial charge on any atom is 0.144 e. The summed E-state index contributed by atoms with van der Waals surface area (Å²) in [5.41, 5.74) is 3.97. The van der Waals surface area contributed by atoms with Crippen molar-refractivity contribution in [2.45, 2.75) is 162 Å². The number of unbranched alkanes of at least 4 members (excludes halogenated alkanes) is 7. The number of halogens is 4. The van der Waals surface area contributed by atoms with Crippen LogP contribution in [0.3, 0.4) is 0 Å². The van der Waals surface area contributed by atoms with E-state index >= 15 is 0 Å². The van der Waals surface area contributed by atoms with E-state index in [1.807, 2.05) is 24.3 Å². The van der Waals surface area contributed by atoms with Crippen LogP contribution in [0.15, 0.2) is 72.8 Å². The summed E-state index contributed by atoms with van der Waals surface area (Å²) in [4.78, 5) is 0. The molecular formula is C55H68F4N2. The van der Waals surface area contributed by atoms with E-state index in [0.29, 0.717) is 11.1 Å². The van der Waals surface area contributed by atoms with E-state index in [4.69, 9.17) is 10.5 Å². The summed E-state index contributed by atoms with van der Waals surface area (Å²) < 4.78 is 55.5. The lowest BCUT2D eigenvalue weighted by atomic mass is 9.77. The van der Waals surface area contributed by atoms with Gasteiger partial charge in [-0.05, 0) is 107 Å². The van der Waals surface area contributed by atoms with Crippen LogP contribution in [0.1, 0.15) is 171 Å². The van der Waals surface area contributed by atoms with Crippen molar-refractivity contribution >= 4 is 0 Å². The molecule has 61 heavy (non-hydrogen) atoms. The van der Waals surface area contributed by atoms with Crippen molar-refractivity contribution in [1.82, 2.24) is 0 Å². The molecule has 6 heteroatoms. The van der Waals surface area contributed by atoms with Gasteiger partial charge in [-0.15, -0.1) is 0 Å². The average Bonchev–Trinajstić information content (AvgIpc) is 3.27. The second-order valence-electron chi connectivity index (χ2n) is 18.2. The van der Waals surface area contributed by atoms with Crippen LogP contribution in [-0.2, 0) is 12.8 Å². The van der Waals surface area contributed by atoms with Crippen molar-refractivity contribution in [2.75, 3.05) is 0 Å². The Morgan fingerprint density at radius 3 is 1.02 bits per heavy atom. The zero-order valence-corrected chi connectivity index (χ0v) is 36.9. The molecule has 0 aliphatic heterocycles. The van der Waals surface area contributed by atoms with Gasteiger partial charge in [-0.3, -0.25) is 0 Å². The van der Waals surface area contributed by atoms with Crippen LogP contribution in [0.5, 0.6) is 0 Å². The van der Waals surface area contributed by atoms with E-state index in [2.05, 4.69) is 38.1 Å². The van der Waals surface area contributed by atoms with Gasteiger partial charge in [0.05, 0.1) is 0 Å². The molecule has 2 aliphatic rings. The largest absolute Gasteiger partial charge is 0.205 e. The minimum Gasteiger partial charge on any atom is -0.205 e. The van der Waals surface area contributed by atoms with Crippen molar-refractivity contribution in [2.24, 2.45) is 23.7 Å². The summed E-state index contributed by atoms with van der Waals surface area (Å²) in [6.07, 6.45) is 30.9. The van der Waals surface area contributed by atoms with E-state index in [9.17, 15) is 17.6 Å². The van der Waals surface area contributed by atoms with Crippen LogP contribution >= 0.6 is 0 Å². The summed E-state index contributed by atoms with van der Waals surface area (Å²) >= 11 is 0. The van der Waals surface area contributed by atoms with Crippen LogP contribution < -0.4 is 0 Å². The lowest BCUT2D eigenvalue weighted by Gasteiger charge is -2.28. The van der Waals surface area contributed by atoms with Crippen molar-refractivity contribution < 1.29 is 17.6 Å². The third-order valence-corrected chi connectivity index (χ3v) is 13.7. The Bertz CT molecular complexity index is 1950. The normalized spacial score (nSPS) is 18.8. The van der Waals surface area contributed by atoms with E-state index < -0.39 is 34.4 Å². The highest BCUT2D eigenvalue weighted by Gasteiger charge is 2.22. The molecule has 2 saturated carbocycles. The van der Waals surface area contributed by atoms with E-state index in [0.717, 1.165) is 47.6 Å². The number of hydrogen-bond acceptors (Lipinski definition) is 2. The molecule has 6 rings (SSSR count). The fraction of sp³-hybridized carbons (Fsp3) is 0.527. The molecule has 326 valence electrons. The van der Waals surface area contributed by atoms with Crippen LogP contribution in [0.4, 0.5) is 17.6 Å². The quantitative estimate of drug-likeness (QED) is 0.0698. The number of rotatable bonds is 19. The fourth-order valence-electron chi connectivity index (χ4n) is 9.68. The SMILES string of the molecule is CCCCCCC1CCC(CCc2ccc(-c3cc(F)c(C#N)c(F)c3)cc2)CC1.CCCCCCCC1CCC(CCc2ccc(-c3cc(F)c(C#N)c(F)c3)cc2)CC1. The molecule has 0 radical (unpaired) electrons. The van der Waals surface area contributed by atoms with Gasteiger partial charge < -0.3 is 0 Å². The van der Waals surface area contributed by atoms with Crippen LogP contribution in [0.2, 0.25) is 0 Å². The predicted octanol–water partition coefficient (Wildman–Crippen LogP) is 16.8. The topological polar surface area (TPSA) is 47.6 Å². The van der Waals surface area contributed by atoms with Crippen LogP contribution in [-0.4, -0.2) is 0 Å². The first kappa shape index (κ1) is 47.6. The molecule has 0 spiro atoms. The first-order valence-electron chi connectivity index (χ1n) is 23.7. The summed E-state index contributed by atoms with van der Waals surface area (Å²) in [5, 5.41) is 17.6. The summed E-state index contributed by atoms with van der Waals surface area (Å²) in [5.74, 6) is 0.332. The fourth-order valence-corrected chi connectivity index (χ4v) is 9.68. The zero-order valence-electron chi connectivity index (χ0n) is 36.9. The van der Waals surface area contributed by atoms with Gasteiger partial charge in [-0.2, -0.15) is 10.5 Å². The molecule has 0 heterocycles. The van der Waals surface area contributed by atoms with Gasteiger partial charge in [0.15, 0.2) is 0 Å². The van der Waals surface area contributed by atoms with E-state index in [-0.39, 0.29) is 0 Å². The first-order chi connectivity index (χ1) is 29.7. The number of hydrogen-bond donors (Lipinski definition) is 0. The Hall–Kier alpha value is -4.42. The van der Waals surface area contributed by atoms with Crippen LogP contribution in [0, 0.1) is 69.6 Å². The van der Waals surface area contributed by atoms with E-state index in [1.165, 1.54) is 170 Å². The molecule has 0 amide bonds. The molecule has 0 bridgehead atoms. The summed E-state index contributed by atoms with van der Waals surface area (Å²) in [6, 6.07) is 24.0. The molecule has 0 aromatic heterocycles. The lowest BCUT2D eigenvalue weighted by Crippen LogP contribution is -2.15. The monoisotopic (exact) mass is 833 g/mol. The molecule has 0 unspecified atom stereocenters. The van der Waals surface area contributed by atoms with Crippen molar-refractivity contribution in [3.05, 3.63) is 118 Å². The highest BCUT2D eigenvalue weighted by Crippen LogP contribution is 2.36. The minimum atomic E-state index is -0.808. The second kappa shape index (κ2) is 25.5. The van der Waals surface area contributed by atoms with Crippen molar-refractivity contribution in [3.8, 4) is 34.4 Å². The Labute approximate surface area is 364 Å². The number of nitriles is 2. The minimum absolute atomic E-state index is 0.466. The number of benzene rings is 4.